The average molecular weight is 459 g/mol. The Morgan fingerprint density at radius 2 is 1.75 bits per heavy atom. The lowest BCUT2D eigenvalue weighted by Gasteiger charge is -2.26. The third-order valence-corrected chi connectivity index (χ3v) is 7.07. The van der Waals surface area contributed by atoms with E-state index in [4.69, 9.17) is 4.74 Å². The van der Waals surface area contributed by atoms with Crippen LogP contribution in [0.4, 0.5) is 10.1 Å². The summed E-state index contributed by atoms with van der Waals surface area (Å²) in [5.41, 5.74) is 3.24. The molecule has 1 aliphatic rings. The smallest absolute Gasteiger partial charge is 0.255 e. The maximum absolute atomic E-state index is 14.4. The molecule has 168 valence electrons. The van der Waals surface area contributed by atoms with Crippen molar-refractivity contribution in [1.82, 2.24) is 14.1 Å². The summed E-state index contributed by atoms with van der Waals surface area (Å²) in [6.45, 7) is 4.66. The molecular formula is C22H23FN4O4S. The van der Waals surface area contributed by atoms with Gasteiger partial charge in [-0.1, -0.05) is 0 Å². The Bertz CT molecular complexity index is 1250. The highest BCUT2D eigenvalue weighted by Gasteiger charge is 2.29. The fourth-order valence-corrected chi connectivity index (χ4v) is 5.05. The molecule has 1 fully saturated rings. The molecular weight excluding hydrogens is 435 g/mol. The van der Waals surface area contributed by atoms with Crippen LogP contribution in [0, 0.1) is 19.7 Å². The van der Waals surface area contributed by atoms with Gasteiger partial charge in [-0.15, -0.1) is 0 Å². The van der Waals surface area contributed by atoms with Gasteiger partial charge < -0.3 is 10.1 Å². The Kier molecular flexibility index (Phi) is 6.09. The highest BCUT2D eigenvalue weighted by molar-refractivity contribution is 7.89. The predicted molar refractivity (Wildman–Crippen MR) is 117 cm³/mol. The normalized spacial score (nSPS) is 15.0. The summed E-state index contributed by atoms with van der Waals surface area (Å²) in [5, 5.41) is 7.05. The van der Waals surface area contributed by atoms with Crippen LogP contribution in [0.15, 0.2) is 53.4 Å². The minimum atomic E-state index is -4.04. The van der Waals surface area contributed by atoms with Crippen molar-refractivity contribution in [3.63, 3.8) is 0 Å². The fraction of sp³-hybridized carbons (Fsp3) is 0.273. The zero-order valence-electron chi connectivity index (χ0n) is 17.7. The zero-order chi connectivity index (χ0) is 22.9. The molecule has 32 heavy (non-hydrogen) atoms. The monoisotopic (exact) mass is 458 g/mol. The first kappa shape index (κ1) is 22.1. The highest BCUT2D eigenvalue weighted by atomic mass is 32.2. The highest BCUT2D eigenvalue weighted by Crippen LogP contribution is 2.24. The molecule has 10 heteroatoms. The number of aromatic nitrogens is 2. The first-order chi connectivity index (χ1) is 15.3. The quantitative estimate of drug-likeness (QED) is 0.635. The molecule has 0 saturated carbocycles. The Balaban J connectivity index is 1.53. The number of morpholine rings is 1. The summed E-state index contributed by atoms with van der Waals surface area (Å²) in [7, 11) is -4.04. The van der Waals surface area contributed by atoms with Gasteiger partial charge >= 0.3 is 0 Å². The minimum absolute atomic E-state index is 0.153. The fourth-order valence-electron chi connectivity index (χ4n) is 3.55. The number of rotatable bonds is 5. The molecule has 1 saturated heterocycles. The number of hydrogen-bond acceptors (Lipinski definition) is 5. The molecule has 0 atom stereocenters. The van der Waals surface area contributed by atoms with Crippen molar-refractivity contribution in [2.24, 2.45) is 0 Å². The Labute approximate surface area is 185 Å². The number of ether oxygens (including phenoxy) is 1. The first-order valence-electron chi connectivity index (χ1n) is 10.1. The van der Waals surface area contributed by atoms with Crippen molar-refractivity contribution in [1.29, 1.82) is 0 Å². The third kappa shape index (κ3) is 4.43. The lowest BCUT2D eigenvalue weighted by Crippen LogP contribution is -2.40. The van der Waals surface area contributed by atoms with Gasteiger partial charge in [0.15, 0.2) is 0 Å². The van der Waals surface area contributed by atoms with Gasteiger partial charge in [0.1, 0.15) is 10.7 Å². The number of sulfonamides is 1. The SMILES string of the molecule is Cc1cc(C)n(-c2ccc(C(=O)Nc3ccc(F)c(S(=O)(=O)N4CCOCC4)c3)cc2)n1. The molecule has 3 aromatic rings. The van der Waals surface area contributed by atoms with Gasteiger partial charge in [0.2, 0.25) is 10.0 Å². The van der Waals surface area contributed by atoms with Gasteiger partial charge in [0.25, 0.3) is 5.91 Å². The van der Waals surface area contributed by atoms with Gasteiger partial charge in [-0.3, -0.25) is 4.79 Å². The number of benzene rings is 2. The number of hydrogen-bond donors (Lipinski definition) is 1. The van der Waals surface area contributed by atoms with E-state index in [2.05, 4.69) is 10.4 Å². The van der Waals surface area contributed by atoms with Crippen molar-refractivity contribution in [2.45, 2.75) is 18.7 Å². The number of halogens is 1. The Morgan fingerprint density at radius 1 is 1.06 bits per heavy atom. The van der Waals surface area contributed by atoms with Crippen molar-refractivity contribution >= 4 is 21.6 Å². The van der Waals surface area contributed by atoms with Crippen molar-refractivity contribution in [2.75, 3.05) is 31.6 Å². The maximum atomic E-state index is 14.4. The summed E-state index contributed by atoms with van der Waals surface area (Å²) in [5.74, 6) is -1.31. The van der Waals surface area contributed by atoms with Crippen LogP contribution < -0.4 is 5.32 Å². The van der Waals surface area contributed by atoms with E-state index in [0.29, 0.717) is 5.56 Å². The number of carbonyl (C=O) groups excluding carboxylic acids is 1. The second-order valence-corrected chi connectivity index (χ2v) is 9.41. The van der Waals surface area contributed by atoms with Crippen LogP contribution in [-0.2, 0) is 14.8 Å². The number of aryl methyl sites for hydroxylation is 2. The van der Waals surface area contributed by atoms with Crippen LogP contribution in [0.2, 0.25) is 0 Å². The van der Waals surface area contributed by atoms with Crippen LogP contribution in [0.25, 0.3) is 5.69 Å². The molecule has 4 rings (SSSR count). The van der Waals surface area contributed by atoms with Crippen LogP contribution in [0.1, 0.15) is 21.7 Å². The molecule has 1 N–H and O–H groups in total. The topological polar surface area (TPSA) is 93.5 Å². The second-order valence-electron chi connectivity index (χ2n) is 7.50. The van der Waals surface area contributed by atoms with Crippen molar-refractivity contribution in [3.8, 4) is 5.69 Å². The summed E-state index contributed by atoms with van der Waals surface area (Å²) >= 11 is 0. The molecule has 1 amide bonds. The van der Waals surface area contributed by atoms with Crippen molar-refractivity contribution < 1.29 is 22.3 Å². The zero-order valence-corrected chi connectivity index (χ0v) is 18.5. The maximum Gasteiger partial charge on any atom is 0.255 e. The molecule has 1 aromatic heterocycles. The number of amides is 1. The number of anilines is 1. The van der Waals surface area contributed by atoms with E-state index >= 15 is 0 Å². The van der Waals surface area contributed by atoms with Crippen LogP contribution in [-0.4, -0.2) is 54.7 Å². The average Bonchev–Trinajstić information content (AvgIpc) is 3.13. The van der Waals surface area contributed by atoms with E-state index in [1.165, 1.54) is 10.4 Å². The Hall–Kier alpha value is -3.08. The molecule has 0 bridgehead atoms. The summed E-state index contributed by atoms with van der Waals surface area (Å²) in [6, 6.07) is 12.3. The van der Waals surface area contributed by atoms with Gasteiger partial charge in [0, 0.05) is 30.0 Å². The minimum Gasteiger partial charge on any atom is -0.379 e. The molecule has 2 aromatic carbocycles. The van der Waals surface area contributed by atoms with Gasteiger partial charge in [-0.05, 0) is 62.4 Å². The van der Waals surface area contributed by atoms with Crippen LogP contribution in [0.3, 0.4) is 0 Å². The van der Waals surface area contributed by atoms with E-state index in [1.54, 1.807) is 28.9 Å². The van der Waals surface area contributed by atoms with Crippen LogP contribution in [0.5, 0.6) is 0 Å². The lowest BCUT2D eigenvalue weighted by atomic mass is 10.2. The van der Waals surface area contributed by atoms with E-state index in [-0.39, 0.29) is 32.0 Å². The molecule has 1 aliphatic heterocycles. The van der Waals surface area contributed by atoms with E-state index < -0.39 is 26.6 Å². The summed E-state index contributed by atoms with van der Waals surface area (Å²) in [6.07, 6.45) is 0. The van der Waals surface area contributed by atoms with Gasteiger partial charge in [-0.2, -0.15) is 9.40 Å². The molecule has 2 heterocycles. The van der Waals surface area contributed by atoms with Crippen LogP contribution >= 0.6 is 0 Å². The number of nitrogens with one attached hydrogen (secondary N) is 1. The Morgan fingerprint density at radius 3 is 2.38 bits per heavy atom. The van der Waals surface area contributed by atoms with Gasteiger partial charge in [0.05, 0.1) is 24.6 Å². The van der Waals surface area contributed by atoms with E-state index in [1.807, 2.05) is 19.9 Å². The summed E-state index contributed by atoms with van der Waals surface area (Å²) in [4.78, 5) is 12.2. The molecule has 0 radical (unpaired) electrons. The van der Waals surface area contributed by atoms with E-state index in [0.717, 1.165) is 29.2 Å². The molecule has 0 spiro atoms. The lowest BCUT2D eigenvalue weighted by molar-refractivity contribution is 0.0729. The predicted octanol–water partition coefficient (Wildman–Crippen LogP) is 2.90. The van der Waals surface area contributed by atoms with Gasteiger partial charge in [-0.25, -0.2) is 17.5 Å². The largest absolute Gasteiger partial charge is 0.379 e. The third-order valence-electron chi connectivity index (χ3n) is 5.16. The number of nitrogens with zero attached hydrogens (tertiary/aromatic N) is 3. The van der Waals surface area contributed by atoms with Crippen molar-refractivity contribution in [3.05, 3.63) is 71.3 Å². The molecule has 0 aliphatic carbocycles. The summed E-state index contributed by atoms with van der Waals surface area (Å²) < 4.78 is 48.1. The molecule has 8 nitrogen and oxygen atoms in total. The second kappa shape index (κ2) is 8.81. The number of carbonyl (C=O) groups is 1. The first-order valence-corrected chi connectivity index (χ1v) is 11.5. The standard InChI is InChI=1S/C22H23FN4O4S/c1-15-13-16(2)27(25-15)19-6-3-17(4-7-19)22(28)24-18-5-8-20(23)21(14-18)32(29,30)26-9-11-31-12-10-26/h3-8,13-14H,9-12H2,1-2H3,(H,24,28). The van der Waals surface area contributed by atoms with E-state index in [9.17, 15) is 17.6 Å². The molecule has 0 unspecified atom stereocenters.